The van der Waals surface area contributed by atoms with E-state index in [9.17, 15) is 0 Å². The zero-order chi connectivity index (χ0) is 83.5. The maximum absolute atomic E-state index is 6.90. The monoisotopic (exact) mass is 1600 g/mol. The average Bonchev–Trinajstić information content (AvgIpc) is 1.54. The second-order valence-corrected chi connectivity index (χ2v) is 34.5. The first-order chi connectivity index (χ1) is 61.5. The van der Waals surface area contributed by atoms with Crippen LogP contribution in [0.2, 0.25) is 0 Å². The van der Waals surface area contributed by atoms with Crippen molar-refractivity contribution in [2.75, 3.05) is 9.80 Å². The lowest BCUT2D eigenvalue weighted by Crippen LogP contribution is -2.28. The van der Waals surface area contributed by atoms with Crippen LogP contribution in [0.4, 0.5) is 34.1 Å². The molecule has 24 rings (SSSR count). The van der Waals surface area contributed by atoms with Crippen molar-refractivity contribution in [1.29, 1.82) is 0 Å². The number of rotatable bonds is 14. The van der Waals surface area contributed by atoms with Crippen molar-refractivity contribution in [1.82, 2.24) is 0 Å². The third kappa shape index (κ3) is 12.4. The van der Waals surface area contributed by atoms with Gasteiger partial charge in [0.15, 0.2) is 0 Å². The Morgan fingerprint density at radius 3 is 0.936 bits per heavy atom. The molecule has 0 unspecified atom stereocenters. The minimum absolute atomic E-state index is 0.103. The van der Waals surface area contributed by atoms with Crippen LogP contribution in [0.25, 0.3) is 144 Å². The predicted octanol–water partition coefficient (Wildman–Crippen LogP) is 33.1. The van der Waals surface area contributed by atoms with Gasteiger partial charge in [0.25, 0.3) is 0 Å². The summed E-state index contributed by atoms with van der Waals surface area (Å²) in [5.74, 6) is 0. The highest BCUT2D eigenvalue weighted by atomic mass is 16.3. The van der Waals surface area contributed by atoms with Gasteiger partial charge in [0.1, 0.15) is 22.3 Å². The Balaban J connectivity index is 0.000000144. The number of hydrogen-bond donors (Lipinski definition) is 0. The number of nitrogens with zero attached hydrogens (tertiary/aromatic N) is 2. The molecule has 3 aliphatic carbocycles. The van der Waals surface area contributed by atoms with Gasteiger partial charge < -0.3 is 18.6 Å². The Kier molecular flexibility index (Phi) is 17.8. The van der Waals surface area contributed by atoms with Gasteiger partial charge in [-0.3, -0.25) is 0 Å². The first-order valence-corrected chi connectivity index (χ1v) is 43.4. The van der Waals surface area contributed by atoms with Gasteiger partial charge in [-0.1, -0.05) is 367 Å². The lowest BCUT2D eigenvalue weighted by molar-refractivity contribution is 0.660. The molecule has 0 amide bonds. The fourth-order valence-electron chi connectivity index (χ4n) is 20.7. The average molecular weight is 1600 g/mol. The Morgan fingerprint density at radius 2 is 0.480 bits per heavy atom. The van der Waals surface area contributed by atoms with Gasteiger partial charge in [-0.2, -0.15) is 0 Å². The number of para-hydroxylation sites is 2. The summed E-state index contributed by atoms with van der Waals surface area (Å²) < 4.78 is 13.6. The summed E-state index contributed by atoms with van der Waals surface area (Å²) in [5.41, 5.74) is 41.5. The second-order valence-electron chi connectivity index (χ2n) is 34.5. The van der Waals surface area contributed by atoms with E-state index in [1.165, 1.54) is 117 Å². The van der Waals surface area contributed by atoms with E-state index in [2.05, 4.69) is 486 Å². The number of fused-ring (bicyclic) bond motifs is 15. The van der Waals surface area contributed by atoms with Crippen LogP contribution in [0.1, 0.15) is 72.2 Å². The molecule has 0 N–H and O–H groups in total. The van der Waals surface area contributed by atoms with Crippen molar-refractivity contribution in [2.45, 2.75) is 43.9 Å². The number of hydrogen-bond acceptors (Lipinski definition) is 4. The maximum Gasteiger partial charge on any atom is 0.143 e. The number of anilines is 6. The predicted molar refractivity (Wildman–Crippen MR) is 522 cm³/mol. The first-order valence-electron chi connectivity index (χ1n) is 43.4. The van der Waals surface area contributed by atoms with Crippen LogP contribution in [0.5, 0.6) is 0 Å². The highest BCUT2D eigenvalue weighted by Crippen LogP contribution is 2.59. The van der Waals surface area contributed by atoms with E-state index in [1.807, 2.05) is 0 Å². The van der Waals surface area contributed by atoms with Crippen LogP contribution in [0.15, 0.2) is 458 Å². The fourth-order valence-corrected chi connectivity index (χ4v) is 20.7. The molecule has 2 aromatic heterocycles. The molecule has 0 fully saturated rings. The highest BCUT2D eigenvalue weighted by molar-refractivity contribution is 6.14. The largest absolute Gasteiger partial charge is 0.455 e. The van der Waals surface area contributed by atoms with Gasteiger partial charge in [-0.05, 0) is 243 Å². The Hall–Kier alpha value is -15.6. The lowest BCUT2D eigenvalue weighted by atomic mass is 9.67. The van der Waals surface area contributed by atoms with Crippen LogP contribution >= 0.6 is 0 Å². The summed E-state index contributed by atoms with van der Waals surface area (Å²) in [6.07, 6.45) is 0. The molecule has 3 aliphatic rings. The van der Waals surface area contributed by atoms with Gasteiger partial charge in [-0.25, -0.2) is 0 Å². The molecule has 2 heterocycles. The van der Waals surface area contributed by atoms with E-state index < -0.39 is 5.41 Å². The number of benzene rings is 19. The fraction of sp³-hybridized carbons (Fsp3) is 0.0579. The zero-order valence-corrected chi connectivity index (χ0v) is 69.9. The van der Waals surface area contributed by atoms with Crippen LogP contribution in [-0.2, 0) is 16.2 Å². The van der Waals surface area contributed by atoms with Crippen LogP contribution in [-0.4, -0.2) is 0 Å². The Morgan fingerprint density at radius 1 is 0.176 bits per heavy atom. The van der Waals surface area contributed by atoms with Gasteiger partial charge in [0.05, 0.1) is 5.41 Å². The highest BCUT2D eigenvalue weighted by Gasteiger charge is 2.47. The molecule has 21 aromatic rings. The molecule has 0 radical (unpaired) electrons. The summed E-state index contributed by atoms with van der Waals surface area (Å²) >= 11 is 0. The van der Waals surface area contributed by atoms with E-state index >= 15 is 0 Å². The van der Waals surface area contributed by atoms with Crippen LogP contribution in [0.3, 0.4) is 0 Å². The minimum atomic E-state index is -0.526. The van der Waals surface area contributed by atoms with Crippen molar-refractivity contribution >= 4 is 78.0 Å². The third-order valence-corrected chi connectivity index (χ3v) is 26.8. The summed E-state index contributed by atoms with van der Waals surface area (Å²) in [5, 5.41) is 4.42. The van der Waals surface area contributed by atoms with Crippen molar-refractivity contribution in [3.63, 3.8) is 0 Å². The Labute approximate surface area is 729 Å². The standard InChI is InChI=1S/C61H41NO.C60H45NO/c1-5-17-42(18-6-1)44-29-34-49(35-30-44)62(50-36-31-45(32-37-50)43-19-7-2-8-20-43)51-40-55(60-56(41-51)54-26-14-16-28-59(54)63-60)46-33-38-53-52-25-13-15-27-57(52)61(58(53)39-46,47-21-9-3-10-22-47)48-23-11-4-12-24-48;1-59(2)53-19-11-8-16-46(53)48-32-26-41(36-55(48)59)51-34-42(35-52-50-18-10-13-21-57(50)62-58(51)52)40-24-29-44(30-25-40)61(43-27-22-39(23-28-43)38-14-6-5-7-15-38)45-31-33-49-47-17-9-12-20-54(47)60(3,4)56(49)37-45/h1-41H;5-37H,1-4H3. The van der Waals surface area contributed by atoms with Crippen molar-refractivity contribution in [3.05, 3.63) is 493 Å². The minimum Gasteiger partial charge on any atom is -0.455 e. The van der Waals surface area contributed by atoms with Gasteiger partial charge >= 0.3 is 0 Å². The van der Waals surface area contributed by atoms with E-state index in [0.717, 1.165) is 106 Å². The molecular formula is C121H86N2O2. The van der Waals surface area contributed by atoms with Crippen LogP contribution in [0, 0.1) is 0 Å². The summed E-state index contributed by atoms with van der Waals surface area (Å²) in [6.45, 7) is 9.40. The normalized spacial score (nSPS) is 13.3. The van der Waals surface area contributed by atoms with E-state index in [-0.39, 0.29) is 10.8 Å². The van der Waals surface area contributed by atoms with Crippen LogP contribution < -0.4 is 9.80 Å². The molecule has 0 bridgehead atoms. The van der Waals surface area contributed by atoms with E-state index in [0.29, 0.717) is 0 Å². The molecule has 0 saturated heterocycles. The van der Waals surface area contributed by atoms with Crippen molar-refractivity contribution in [3.8, 4) is 100 Å². The quantitative estimate of drug-likeness (QED) is 0.109. The molecule has 4 nitrogen and oxygen atoms in total. The van der Waals surface area contributed by atoms with Crippen molar-refractivity contribution in [2.24, 2.45) is 0 Å². The second kappa shape index (κ2) is 29.9. The van der Waals surface area contributed by atoms with E-state index in [4.69, 9.17) is 8.83 Å². The lowest BCUT2D eigenvalue weighted by Gasteiger charge is -2.34. The molecule has 0 aliphatic heterocycles. The van der Waals surface area contributed by atoms with Gasteiger partial charge in [0, 0.05) is 77.6 Å². The third-order valence-electron chi connectivity index (χ3n) is 26.8. The zero-order valence-electron chi connectivity index (χ0n) is 69.9. The number of furan rings is 2. The summed E-state index contributed by atoms with van der Waals surface area (Å²) in [6, 6.07) is 164. The topological polar surface area (TPSA) is 32.8 Å². The molecule has 19 aromatic carbocycles. The van der Waals surface area contributed by atoms with Gasteiger partial charge in [-0.15, -0.1) is 0 Å². The molecular weight excluding hydrogens is 1510 g/mol. The Bertz CT molecular complexity index is 7600. The summed E-state index contributed by atoms with van der Waals surface area (Å²) in [7, 11) is 0. The SMILES string of the molecule is CC1(C)c2ccccc2-c2ccc(-c3cc(-c4ccc(N(c5ccc(-c6ccccc6)cc5)c5ccc6c(c5)C(C)(C)c5ccccc5-6)cc4)cc4c3oc3ccccc34)cc21.c1ccc(-c2ccc(N(c3ccc(-c4ccccc4)cc3)c3cc(-c4ccc5c(c4)C(c4ccccc4)(c4ccccc4)c4ccccc4-5)c4oc5ccccc5c4c3)cc2)cc1. The molecule has 4 heteroatoms. The maximum atomic E-state index is 6.90. The smallest absolute Gasteiger partial charge is 0.143 e. The molecule has 592 valence electrons. The van der Waals surface area contributed by atoms with Crippen molar-refractivity contribution < 1.29 is 8.83 Å². The molecule has 0 spiro atoms. The van der Waals surface area contributed by atoms with Gasteiger partial charge in [0.2, 0.25) is 0 Å². The molecule has 0 saturated carbocycles. The summed E-state index contributed by atoms with van der Waals surface area (Å²) in [4.78, 5) is 4.79. The molecule has 0 atom stereocenters. The first kappa shape index (κ1) is 74.4. The van der Waals surface area contributed by atoms with E-state index in [1.54, 1.807) is 0 Å². The molecule has 125 heavy (non-hydrogen) atoms.